The average molecular weight is 412 g/mol. The van der Waals surface area contributed by atoms with Crippen LogP contribution in [0.4, 0.5) is 0 Å². The van der Waals surface area contributed by atoms with Gasteiger partial charge in [0.05, 0.1) is 11.3 Å². The van der Waals surface area contributed by atoms with Gasteiger partial charge in [0.1, 0.15) is 9.75 Å². The molecule has 1 saturated carbocycles. The second-order valence-corrected chi connectivity index (χ2v) is 11.6. The molecule has 0 unspecified atom stereocenters. The van der Waals surface area contributed by atoms with Gasteiger partial charge in [-0.25, -0.2) is 13.4 Å². The molecule has 1 aliphatic carbocycles. The lowest BCUT2D eigenvalue weighted by atomic mass is 9.80. The fraction of sp³-hybridized carbons (Fsp3) is 0.474. The molecule has 0 amide bonds. The van der Waals surface area contributed by atoms with Crippen LogP contribution in [0.15, 0.2) is 35.4 Å². The third-order valence-electron chi connectivity index (χ3n) is 4.91. The number of benzene rings is 1. The molecule has 26 heavy (non-hydrogen) atoms. The van der Waals surface area contributed by atoms with Gasteiger partial charge in [-0.2, -0.15) is 0 Å². The summed E-state index contributed by atoms with van der Waals surface area (Å²) in [6.07, 6.45) is 3.33. The maximum atomic E-state index is 13.2. The van der Waals surface area contributed by atoms with Crippen LogP contribution in [0.25, 0.3) is 0 Å². The fourth-order valence-electron chi connectivity index (χ4n) is 3.07. The first-order valence-corrected chi connectivity index (χ1v) is 11.2. The molecule has 0 atom stereocenters. The molecule has 2 aromatic rings. The highest BCUT2D eigenvalue weighted by Crippen LogP contribution is 2.44. The van der Waals surface area contributed by atoms with Gasteiger partial charge in [0, 0.05) is 16.1 Å². The van der Waals surface area contributed by atoms with Crippen LogP contribution < -0.4 is 0 Å². The number of halogens is 1. The summed E-state index contributed by atoms with van der Waals surface area (Å²) in [4.78, 5) is 18.6. The number of ketones is 1. The van der Waals surface area contributed by atoms with Crippen LogP contribution in [0.3, 0.4) is 0 Å². The SMILES string of the molecule is CC(C)(C)c1cnc(CC(=O)C2(S(=O)(=O)c3ccc(Cl)cc3)CCC2)s1. The van der Waals surface area contributed by atoms with Gasteiger partial charge in [-0.3, -0.25) is 4.79 Å². The highest BCUT2D eigenvalue weighted by atomic mass is 35.5. The van der Waals surface area contributed by atoms with E-state index in [-0.39, 0.29) is 22.5 Å². The van der Waals surface area contributed by atoms with Gasteiger partial charge in [0.15, 0.2) is 15.6 Å². The molecule has 1 aromatic carbocycles. The number of hydrogen-bond donors (Lipinski definition) is 0. The van der Waals surface area contributed by atoms with Gasteiger partial charge in [0.2, 0.25) is 0 Å². The molecule has 7 heteroatoms. The highest BCUT2D eigenvalue weighted by Gasteiger charge is 2.55. The molecule has 0 bridgehead atoms. The molecule has 1 aliphatic rings. The lowest BCUT2D eigenvalue weighted by Crippen LogP contribution is -2.52. The molecule has 1 fully saturated rings. The zero-order valence-electron chi connectivity index (χ0n) is 15.1. The van der Waals surface area contributed by atoms with E-state index in [1.807, 2.05) is 0 Å². The van der Waals surface area contributed by atoms with Crippen molar-refractivity contribution in [2.45, 2.75) is 61.5 Å². The van der Waals surface area contributed by atoms with Crippen molar-refractivity contribution in [2.24, 2.45) is 0 Å². The molecule has 0 aliphatic heterocycles. The molecule has 4 nitrogen and oxygen atoms in total. The van der Waals surface area contributed by atoms with E-state index in [9.17, 15) is 13.2 Å². The third-order valence-corrected chi connectivity index (χ3v) is 9.14. The number of carbonyl (C=O) groups excluding carboxylic acids is 1. The van der Waals surface area contributed by atoms with Crippen molar-refractivity contribution in [2.75, 3.05) is 0 Å². The van der Waals surface area contributed by atoms with E-state index in [1.165, 1.54) is 23.5 Å². The van der Waals surface area contributed by atoms with Gasteiger partial charge >= 0.3 is 0 Å². The van der Waals surface area contributed by atoms with E-state index in [2.05, 4.69) is 25.8 Å². The Labute approximate surface area is 163 Å². The molecule has 1 aromatic heterocycles. The molecule has 0 N–H and O–H groups in total. The first-order valence-electron chi connectivity index (χ1n) is 8.55. The number of rotatable bonds is 5. The van der Waals surface area contributed by atoms with Crippen LogP contribution in [0.2, 0.25) is 5.02 Å². The second-order valence-electron chi connectivity index (χ2n) is 7.77. The Morgan fingerprint density at radius 1 is 1.23 bits per heavy atom. The van der Waals surface area contributed by atoms with Gasteiger partial charge in [-0.15, -0.1) is 11.3 Å². The summed E-state index contributed by atoms with van der Waals surface area (Å²) in [5.41, 5.74) is -0.0392. The Bertz CT molecular complexity index is 920. The molecule has 1 heterocycles. The number of carbonyl (C=O) groups is 1. The molecule has 0 radical (unpaired) electrons. The Morgan fingerprint density at radius 2 is 1.85 bits per heavy atom. The van der Waals surface area contributed by atoms with Crippen LogP contribution in [0, 0.1) is 0 Å². The minimum Gasteiger partial charge on any atom is -0.297 e. The van der Waals surface area contributed by atoms with Crippen LogP contribution >= 0.6 is 22.9 Å². The fourth-order valence-corrected chi connectivity index (χ4v) is 6.32. The van der Waals surface area contributed by atoms with Gasteiger partial charge in [-0.1, -0.05) is 32.4 Å². The van der Waals surface area contributed by atoms with Gasteiger partial charge in [0.25, 0.3) is 0 Å². The number of thiazole rings is 1. The Hall–Kier alpha value is -1.24. The van der Waals surface area contributed by atoms with Crippen molar-refractivity contribution in [3.05, 3.63) is 45.4 Å². The van der Waals surface area contributed by atoms with Crippen molar-refractivity contribution in [3.8, 4) is 0 Å². The summed E-state index contributed by atoms with van der Waals surface area (Å²) in [6.45, 7) is 6.26. The second kappa shape index (κ2) is 6.73. The van der Waals surface area contributed by atoms with E-state index < -0.39 is 14.6 Å². The van der Waals surface area contributed by atoms with Crippen LogP contribution in [-0.4, -0.2) is 23.9 Å². The molecule has 0 saturated heterocycles. The van der Waals surface area contributed by atoms with Gasteiger partial charge < -0.3 is 0 Å². The summed E-state index contributed by atoms with van der Waals surface area (Å²) in [5, 5.41) is 1.15. The first kappa shape index (κ1) is 19.5. The summed E-state index contributed by atoms with van der Waals surface area (Å²) in [7, 11) is -3.75. The van der Waals surface area contributed by atoms with E-state index in [1.54, 1.807) is 18.3 Å². The molecule has 3 rings (SSSR count). The molecule has 0 spiro atoms. The number of sulfone groups is 1. The normalized spacial score (nSPS) is 16.9. The van der Waals surface area contributed by atoms with Gasteiger partial charge in [-0.05, 0) is 48.9 Å². The van der Waals surface area contributed by atoms with E-state index >= 15 is 0 Å². The number of Topliss-reactive ketones (excluding diaryl/α,β-unsaturated/α-hetero) is 1. The monoisotopic (exact) mass is 411 g/mol. The standard InChI is InChI=1S/C19H22ClNO3S2/c1-18(2,3)16-12-21-17(25-16)11-15(22)19(9-4-10-19)26(23,24)14-7-5-13(20)6-8-14/h5-8,12H,4,9-11H2,1-3H3. The predicted octanol–water partition coefficient (Wildman–Crippen LogP) is 4.60. The summed E-state index contributed by atoms with van der Waals surface area (Å²) >= 11 is 7.35. The van der Waals surface area contributed by atoms with Crippen molar-refractivity contribution in [1.82, 2.24) is 4.98 Å². The van der Waals surface area contributed by atoms with Crippen LogP contribution in [0.1, 0.15) is 49.9 Å². The largest absolute Gasteiger partial charge is 0.297 e. The molecule has 140 valence electrons. The Kier molecular flexibility index (Phi) is 5.05. The smallest absolute Gasteiger partial charge is 0.191 e. The number of hydrogen-bond acceptors (Lipinski definition) is 5. The number of aromatic nitrogens is 1. The maximum Gasteiger partial charge on any atom is 0.191 e. The first-order chi connectivity index (χ1) is 12.1. The van der Waals surface area contributed by atoms with Crippen LogP contribution in [0.5, 0.6) is 0 Å². The zero-order chi connectivity index (χ0) is 19.2. The minimum atomic E-state index is -3.75. The highest BCUT2D eigenvalue weighted by molar-refractivity contribution is 7.93. The third kappa shape index (κ3) is 3.35. The van der Waals surface area contributed by atoms with Crippen molar-refractivity contribution in [3.63, 3.8) is 0 Å². The Morgan fingerprint density at radius 3 is 2.31 bits per heavy atom. The molecular weight excluding hydrogens is 390 g/mol. The quantitative estimate of drug-likeness (QED) is 0.721. The minimum absolute atomic E-state index is 0.0392. The topological polar surface area (TPSA) is 64.1 Å². The van der Waals surface area contributed by atoms with E-state index in [0.717, 1.165) is 11.3 Å². The summed E-state index contributed by atoms with van der Waals surface area (Å²) in [5.74, 6) is -0.256. The van der Waals surface area contributed by atoms with Crippen molar-refractivity contribution >= 4 is 38.6 Å². The predicted molar refractivity (Wildman–Crippen MR) is 105 cm³/mol. The van der Waals surface area contributed by atoms with Crippen molar-refractivity contribution < 1.29 is 13.2 Å². The lowest BCUT2D eigenvalue weighted by molar-refractivity contribution is -0.122. The average Bonchev–Trinajstić information content (AvgIpc) is 2.94. The van der Waals surface area contributed by atoms with E-state index in [0.29, 0.717) is 22.9 Å². The lowest BCUT2D eigenvalue weighted by Gasteiger charge is -2.39. The Balaban J connectivity index is 1.88. The van der Waals surface area contributed by atoms with Crippen LogP contribution in [-0.2, 0) is 26.5 Å². The molecular formula is C19H22ClNO3S2. The summed E-state index contributed by atoms with van der Waals surface area (Å²) < 4.78 is 25.0. The maximum absolute atomic E-state index is 13.2. The zero-order valence-corrected chi connectivity index (χ0v) is 17.5. The summed E-state index contributed by atoms with van der Waals surface area (Å²) in [6, 6.07) is 6.04. The van der Waals surface area contributed by atoms with Crippen molar-refractivity contribution in [1.29, 1.82) is 0 Å². The van der Waals surface area contributed by atoms with E-state index in [4.69, 9.17) is 11.6 Å². The number of nitrogens with zero attached hydrogens (tertiary/aromatic N) is 1.